The summed E-state index contributed by atoms with van der Waals surface area (Å²) in [6, 6.07) is 0. The summed E-state index contributed by atoms with van der Waals surface area (Å²) in [4.78, 5) is 54.2. The lowest BCUT2D eigenvalue weighted by Gasteiger charge is -2.21. The van der Waals surface area contributed by atoms with Gasteiger partial charge in [0.05, 0.1) is 13.2 Å². The van der Waals surface area contributed by atoms with E-state index in [1.807, 2.05) is 0 Å². The van der Waals surface area contributed by atoms with Gasteiger partial charge < -0.3 is 39.0 Å². The molecule has 0 bridgehead atoms. The van der Waals surface area contributed by atoms with Gasteiger partial charge in [0.15, 0.2) is 0 Å². The average molecular weight is 1250 g/mol. The Hall–Kier alpha value is -2.28. The van der Waals surface area contributed by atoms with Gasteiger partial charge >= 0.3 is 23.9 Å². The molecule has 0 rings (SSSR count). The van der Waals surface area contributed by atoms with Crippen LogP contribution in [0.5, 0.6) is 0 Å². The zero-order valence-electron chi connectivity index (χ0n) is 59.8. The molecule has 0 fully saturated rings. The lowest BCUT2D eigenvalue weighted by Crippen LogP contribution is -2.29. The normalized spacial score (nSPS) is 12.9. The number of aliphatic hydroxyl groups excluding tert-OH is 2. The van der Waals surface area contributed by atoms with Crippen LogP contribution in [0.1, 0.15) is 389 Å². The molecule has 88 heavy (non-hydrogen) atoms. The van der Waals surface area contributed by atoms with Crippen LogP contribution < -0.4 is 0 Å². The molecule has 0 aliphatic heterocycles. The number of esters is 4. The number of rotatable bonds is 68. The second kappa shape index (κ2) is 70.6. The van der Waals surface area contributed by atoms with Crippen LogP contribution in [0.3, 0.4) is 0 Å². The number of hydrogen-bond donors (Lipinski definition) is 2. The number of carbonyl (C=O) groups excluding carboxylic acids is 4. The molecule has 4 unspecified atom stereocenters. The molecule has 524 valence electrons. The molecule has 0 aromatic heterocycles. The Bertz CT molecular complexity index is 1260. The first-order chi connectivity index (χ1) is 43.0. The van der Waals surface area contributed by atoms with Gasteiger partial charge in [0.1, 0.15) is 24.4 Å². The van der Waals surface area contributed by atoms with Crippen molar-refractivity contribution in [3.63, 3.8) is 0 Å². The maximum absolute atomic E-state index is 12.3. The van der Waals surface area contributed by atoms with Gasteiger partial charge in [-0.05, 0) is 155 Å². The fourth-order valence-corrected chi connectivity index (χ4v) is 11.7. The van der Waals surface area contributed by atoms with Crippen LogP contribution in [0.25, 0.3) is 0 Å². The van der Waals surface area contributed by atoms with Crippen molar-refractivity contribution in [2.24, 2.45) is 0 Å². The lowest BCUT2D eigenvalue weighted by atomic mass is 10.1. The van der Waals surface area contributed by atoms with Gasteiger partial charge in [-0.3, -0.25) is 19.2 Å². The average Bonchev–Trinajstić information content (AvgIpc) is 3.55. The van der Waals surface area contributed by atoms with E-state index in [9.17, 15) is 29.4 Å². The summed E-state index contributed by atoms with van der Waals surface area (Å²) in [5.74, 6) is -0.0352. The highest BCUT2D eigenvalue weighted by Crippen LogP contribution is 2.21. The first-order valence-corrected chi connectivity index (χ1v) is 38.4. The van der Waals surface area contributed by atoms with Crippen LogP contribution in [0, 0.1) is 0 Å². The van der Waals surface area contributed by atoms with E-state index in [-0.39, 0.29) is 61.5 Å². The molecule has 0 spiro atoms. The van der Waals surface area contributed by atoms with E-state index in [4.69, 9.17) is 18.9 Å². The molecular weight excluding hydrogens is 1100 g/mol. The second-order valence-corrected chi connectivity index (χ2v) is 26.2. The van der Waals surface area contributed by atoms with Crippen molar-refractivity contribution in [2.75, 3.05) is 52.5 Å². The maximum Gasteiger partial charge on any atom is 0.306 e. The monoisotopic (exact) mass is 1250 g/mol. The minimum atomic E-state index is -0.00879. The Balaban J connectivity index is 0. The minimum absolute atomic E-state index is 0.00879. The van der Waals surface area contributed by atoms with Crippen LogP contribution in [0.15, 0.2) is 0 Å². The number of carbonyl (C=O) groups is 4. The van der Waals surface area contributed by atoms with Crippen molar-refractivity contribution >= 4 is 23.9 Å². The van der Waals surface area contributed by atoms with Gasteiger partial charge in [-0.2, -0.15) is 0 Å². The van der Waals surface area contributed by atoms with Crippen molar-refractivity contribution in [1.82, 2.24) is 9.80 Å². The van der Waals surface area contributed by atoms with E-state index < -0.39 is 0 Å². The Labute approximate surface area is 545 Å². The standard InChI is InChI=1S/2C38H75NO5/c2*1-5-9-19-27-35(25-11-7-3)43-37(41)29-21-15-13-17-23-31-39(33-34-40)32-24-18-14-16-22-30-38(42)44-36(26-12-8-4)28-20-10-6-2/h2*35-36,40H,5-34H2,1-4H3. The van der Waals surface area contributed by atoms with Crippen LogP contribution in [0.2, 0.25) is 0 Å². The van der Waals surface area contributed by atoms with Crippen LogP contribution in [0.4, 0.5) is 0 Å². The van der Waals surface area contributed by atoms with E-state index in [0.717, 1.165) is 270 Å². The molecular formula is C76H150N2O10. The summed E-state index contributed by atoms with van der Waals surface area (Å²) in [6.45, 7) is 23.6. The van der Waals surface area contributed by atoms with Gasteiger partial charge in [-0.25, -0.2) is 0 Å². The fourth-order valence-electron chi connectivity index (χ4n) is 11.7. The summed E-state index contributed by atoms with van der Waals surface area (Å²) in [7, 11) is 0. The Morgan fingerprint density at radius 3 is 0.614 bits per heavy atom. The van der Waals surface area contributed by atoms with E-state index >= 15 is 0 Å². The third-order valence-corrected chi connectivity index (χ3v) is 17.5. The summed E-state index contributed by atoms with van der Waals surface area (Å²) in [5, 5.41) is 19.0. The molecule has 0 aromatic rings. The summed E-state index contributed by atoms with van der Waals surface area (Å²) in [5.41, 5.74) is 0. The number of unbranched alkanes of at least 4 members (excludes halogenated alkanes) is 28. The Kier molecular flexibility index (Phi) is 70.4. The molecule has 0 saturated heterocycles. The molecule has 2 N–H and O–H groups in total. The first-order valence-electron chi connectivity index (χ1n) is 38.4. The molecule has 4 atom stereocenters. The number of aliphatic hydroxyl groups is 2. The highest BCUT2D eigenvalue weighted by Gasteiger charge is 2.18. The van der Waals surface area contributed by atoms with Crippen molar-refractivity contribution < 1.29 is 48.3 Å². The predicted octanol–water partition coefficient (Wildman–Crippen LogP) is 20.7. The van der Waals surface area contributed by atoms with Gasteiger partial charge in [-0.1, -0.05) is 235 Å². The van der Waals surface area contributed by atoms with Gasteiger partial charge in [0.25, 0.3) is 0 Å². The largest absolute Gasteiger partial charge is 0.462 e. The Morgan fingerprint density at radius 1 is 0.239 bits per heavy atom. The number of ether oxygens (including phenoxy) is 4. The van der Waals surface area contributed by atoms with Crippen LogP contribution >= 0.6 is 0 Å². The van der Waals surface area contributed by atoms with Gasteiger partial charge in [0.2, 0.25) is 0 Å². The highest BCUT2D eigenvalue weighted by molar-refractivity contribution is 5.70. The number of hydrogen-bond acceptors (Lipinski definition) is 12. The van der Waals surface area contributed by atoms with Crippen molar-refractivity contribution in [3.05, 3.63) is 0 Å². The summed E-state index contributed by atoms with van der Waals surface area (Å²) >= 11 is 0. The predicted molar refractivity (Wildman–Crippen MR) is 372 cm³/mol. The lowest BCUT2D eigenvalue weighted by molar-refractivity contribution is -0.151. The molecule has 0 saturated carbocycles. The van der Waals surface area contributed by atoms with Crippen molar-refractivity contribution in [3.8, 4) is 0 Å². The zero-order chi connectivity index (χ0) is 65.0. The molecule has 0 radical (unpaired) electrons. The molecule has 0 amide bonds. The zero-order valence-corrected chi connectivity index (χ0v) is 59.8. The Morgan fingerprint density at radius 2 is 0.420 bits per heavy atom. The first kappa shape index (κ1) is 87.8. The van der Waals surface area contributed by atoms with E-state index in [0.29, 0.717) is 25.7 Å². The maximum atomic E-state index is 12.3. The topological polar surface area (TPSA) is 152 Å². The van der Waals surface area contributed by atoms with Crippen LogP contribution in [-0.4, -0.2) is 121 Å². The number of nitrogens with zero attached hydrogens (tertiary/aromatic N) is 2. The third kappa shape index (κ3) is 62.5. The molecule has 0 aromatic carbocycles. The van der Waals surface area contributed by atoms with E-state index in [1.165, 1.54) is 77.0 Å². The molecule has 0 aliphatic rings. The van der Waals surface area contributed by atoms with E-state index in [2.05, 4.69) is 65.2 Å². The van der Waals surface area contributed by atoms with E-state index in [1.54, 1.807) is 0 Å². The SMILES string of the molecule is CCCCCC(CCCC)OC(=O)CCCCCCCN(CCO)CCCCCCCC(=O)OC(CCCC)CCCCC.CCCCCC(CCCC)OC(=O)CCCCCCCN(CCO)CCCCCCCC(=O)OC(CCCC)CCCCC. The highest BCUT2D eigenvalue weighted by atomic mass is 16.6. The van der Waals surface area contributed by atoms with Crippen LogP contribution in [-0.2, 0) is 38.1 Å². The molecule has 0 heterocycles. The molecule has 12 nitrogen and oxygen atoms in total. The van der Waals surface area contributed by atoms with Crippen molar-refractivity contribution in [2.45, 2.75) is 414 Å². The molecule has 12 heteroatoms. The third-order valence-electron chi connectivity index (χ3n) is 17.5. The second-order valence-electron chi connectivity index (χ2n) is 26.2. The van der Waals surface area contributed by atoms with Gasteiger partial charge in [-0.15, -0.1) is 0 Å². The van der Waals surface area contributed by atoms with Gasteiger partial charge in [0, 0.05) is 38.8 Å². The van der Waals surface area contributed by atoms with Crippen molar-refractivity contribution in [1.29, 1.82) is 0 Å². The molecule has 0 aliphatic carbocycles. The minimum Gasteiger partial charge on any atom is -0.462 e. The quantitative estimate of drug-likeness (QED) is 0.0339. The fraction of sp³-hybridized carbons (Fsp3) is 0.947. The smallest absolute Gasteiger partial charge is 0.306 e. The summed E-state index contributed by atoms with van der Waals surface area (Å²) in [6.07, 6.45) is 56.0. The summed E-state index contributed by atoms with van der Waals surface area (Å²) < 4.78 is 23.3.